The number of imide groups is 1. The molecule has 0 saturated heterocycles. The number of β-amino-alcohol motifs (C(OH)–C–C–N with tert-alkyl or cyclic N) is 1. The number of aryl methyl sites for hydroxylation is 1. The van der Waals surface area contributed by atoms with Gasteiger partial charge in [0.05, 0.1) is 29.2 Å². The molecular weight excluding hydrogens is 346 g/mol. The molecule has 1 aliphatic heterocycles. The number of fused-ring (bicyclic) bond motifs is 1. The molecule has 2 aromatic rings. The molecule has 2 N–H and O–H groups in total. The summed E-state index contributed by atoms with van der Waals surface area (Å²) >= 11 is 0. The molecule has 2 amide bonds. The lowest BCUT2D eigenvalue weighted by Gasteiger charge is -2.10. The fourth-order valence-electron chi connectivity index (χ4n) is 2.25. The van der Waals surface area contributed by atoms with E-state index in [-0.39, 0.29) is 29.9 Å². The Morgan fingerprint density at radius 1 is 0.920 bits per heavy atom. The molecule has 7 nitrogen and oxygen atoms in total. The lowest BCUT2D eigenvalue weighted by molar-refractivity contribution is 0.0624. The minimum absolute atomic E-state index is 0.0619. The van der Waals surface area contributed by atoms with Gasteiger partial charge in [0.1, 0.15) is 0 Å². The molecule has 0 bridgehead atoms. The molecule has 1 heterocycles. The molecule has 1 aliphatic rings. The zero-order chi connectivity index (χ0) is 18.6. The highest BCUT2D eigenvalue weighted by Crippen LogP contribution is 2.21. The van der Waals surface area contributed by atoms with Gasteiger partial charge in [-0.05, 0) is 31.2 Å². The number of nitrogens with zero attached hydrogens (tertiary/aromatic N) is 1. The van der Waals surface area contributed by atoms with Crippen molar-refractivity contribution in [1.82, 2.24) is 4.90 Å². The van der Waals surface area contributed by atoms with Crippen LogP contribution in [-0.4, -0.2) is 47.9 Å². The molecule has 2 aromatic carbocycles. The molecule has 0 unspecified atom stereocenters. The number of rotatable bonds is 3. The molecule has 25 heavy (non-hydrogen) atoms. The van der Waals surface area contributed by atoms with Crippen molar-refractivity contribution in [2.45, 2.75) is 11.8 Å². The Hall–Kier alpha value is -2.55. The number of carbonyl (C=O) groups excluding carboxylic acids is 2. The van der Waals surface area contributed by atoms with Crippen LogP contribution in [0.4, 0.5) is 0 Å². The van der Waals surface area contributed by atoms with Crippen LogP contribution in [0.15, 0.2) is 53.4 Å². The zero-order valence-electron chi connectivity index (χ0n) is 13.4. The molecule has 0 saturated carbocycles. The van der Waals surface area contributed by atoms with Crippen molar-refractivity contribution in [2.75, 3.05) is 13.2 Å². The molecule has 0 radical (unpaired) electrons. The second kappa shape index (κ2) is 7.56. The van der Waals surface area contributed by atoms with Crippen LogP contribution in [0.5, 0.6) is 0 Å². The number of aliphatic hydroxyl groups excluding tert-OH is 1. The van der Waals surface area contributed by atoms with Gasteiger partial charge in [-0.1, -0.05) is 29.8 Å². The van der Waals surface area contributed by atoms with Crippen LogP contribution in [0, 0.1) is 6.92 Å². The zero-order valence-corrected chi connectivity index (χ0v) is 14.2. The second-order valence-electron chi connectivity index (χ2n) is 5.32. The van der Waals surface area contributed by atoms with Gasteiger partial charge in [0, 0.05) is 0 Å². The first kappa shape index (κ1) is 18.8. The van der Waals surface area contributed by atoms with Crippen LogP contribution in [0.3, 0.4) is 0 Å². The maximum Gasteiger partial charge on any atom is 0.294 e. The SMILES string of the molecule is Cc1ccc(S(=O)(=O)O)cc1.O=C1c2ccccc2C(=O)N1CCO. The minimum Gasteiger partial charge on any atom is -0.395 e. The van der Waals surface area contributed by atoms with E-state index in [0.717, 1.165) is 10.5 Å². The lowest BCUT2D eigenvalue weighted by Crippen LogP contribution is -2.32. The van der Waals surface area contributed by atoms with Crippen molar-refractivity contribution in [3.05, 3.63) is 65.2 Å². The summed E-state index contributed by atoms with van der Waals surface area (Å²) in [6.45, 7) is 1.70. The topological polar surface area (TPSA) is 112 Å². The van der Waals surface area contributed by atoms with Crippen molar-refractivity contribution >= 4 is 21.9 Å². The monoisotopic (exact) mass is 363 g/mol. The molecule has 0 aliphatic carbocycles. The van der Waals surface area contributed by atoms with Crippen LogP contribution in [-0.2, 0) is 10.1 Å². The maximum absolute atomic E-state index is 11.6. The van der Waals surface area contributed by atoms with E-state index in [1.54, 1.807) is 36.4 Å². The number of aliphatic hydroxyl groups is 1. The third-order valence-electron chi connectivity index (χ3n) is 3.52. The molecule has 3 rings (SSSR count). The predicted octanol–water partition coefficient (Wildman–Crippen LogP) is 1.52. The van der Waals surface area contributed by atoms with Gasteiger partial charge in [0.15, 0.2) is 0 Å². The highest BCUT2D eigenvalue weighted by Gasteiger charge is 2.34. The number of benzene rings is 2. The van der Waals surface area contributed by atoms with Crippen molar-refractivity contribution < 1.29 is 27.7 Å². The third-order valence-corrected chi connectivity index (χ3v) is 4.39. The molecule has 0 spiro atoms. The van der Waals surface area contributed by atoms with E-state index in [0.29, 0.717) is 11.1 Å². The summed E-state index contributed by atoms with van der Waals surface area (Å²) in [7, 11) is -4.02. The van der Waals surface area contributed by atoms with Gasteiger partial charge in [0.2, 0.25) is 0 Å². The van der Waals surface area contributed by atoms with Gasteiger partial charge >= 0.3 is 0 Å². The summed E-state index contributed by atoms with van der Waals surface area (Å²) in [5.74, 6) is -0.640. The Bertz CT molecular complexity index is 855. The second-order valence-corrected chi connectivity index (χ2v) is 6.74. The van der Waals surface area contributed by atoms with E-state index in [2.05, 4.69) is 0 Å². The Morgan fingerprint density at radius 3 is 1.80 bits per heavy atom. The predicted molar refractivity (Wildman–Crippen MR) is 89.9 cm³/mol. The van der Waals surface area contributed by atoms with Gasteiger partial charge in [-0.15, -0.1) is 0 Å². The summed E-state index contributed by atoms with van der Waals surface area (Å²) < 4.78 is 29.6. The molecule has 8 heteroatoms. The van der Waals surface area contributed by atoms with Crippen LogP contribution in [0.1, 0.15) is 26.3 Å². The number of hydrogen-bond acceptors (Lipinski definition) is 5. The summed E-state index contributed by atoms with van der Waals surface area (Å²) in [6, 6.07) is 12.7. The van der Waals surface area contributed by atoms with E-state index in [1.807, 2.05) is 6.92 Å². The quantitative estimate of drug-likeness (QED) is 0.632. The Kier molecular flexibility index (Phi) is 5.68. The normalized spacial score (nSPS) is 13.3. The third kappa shape index (κ3) is 4.30. The van der Waals surface area contributed by atoms with Gasteiger partial charge in [0.25, 0.3) is 21.9 Å². The molecule has 0 atom stereocenters. The van der Waals surface area contributed by atoms with E-state index in [9.17, 15) is 18.0 Å². The highest BCUT2D eigenvalue weighted by molar-refractivity contribution is 7.85. The Morgan fingerprint density at radius 2 is 1.40 bits per heavy atom. The van der Waals surface area contributed by atoms with Crippen molar-refractivity contribution in [3.63, 3.8) is 0 Å². The smallest absolute Gasteiger partial charge is 0.294 e. The first-order chi connectivity index (χ1) is 11.8. The average Bonchev–Trinajstić information content (AvgIpc) is 2.81. The van der Waals surface area contributed by atoms with Crippen molar-refractivity contribution in [2.24, 2.45) is 0 Å². The van der Waals surface area contributed by atoms with Gasteiger partial charge in [-0.25, -0.2) is 0 Å². The van der Waals surface area contributed by atoms with E-state index < -0.39 is 10.1 Å². The molecule has 132 valence electrons. The first-order valence-corrected chi connectivity index (χ1v) is 8.80. The first-order valence-electron chi connectivity index (χ1n) is 7.36. The Balaban J connectivity index is 0.000000186. The summed E-state index contributed by atoms with van der Waals surface area (Å²) in [4.78, 5) is 24.2. The van der Waals surface area contributed by atoms with E-state index >= 15 is 0 Å². The van der Waals surface area contributed by atoms with Crippen LogP contribution in [0.2, 0.25) is 0 Å². The van der Waals surface area contributed by atoms with Crippen molar-refractivity contribution in [3.8, 4) is 0 Å². The van der Waals surface area contributed by atoms with E-state index in [4.69, 9.17) is 9.66 Å². The fourth-order valence-corrected chi connectivity index (χ4v) is 2.73. The molecular formula is C17H17NO6S. The lowest BCUT2D eigenvalue weighted by atomic mass is 10.1. The number of amides is 2. The van der Waals surface area contributed by atoms with Crippen LogP contribution >= 0.6 is 0 Å². The summed E-state index contributed by atoms with van der Waals surface area (Å²) in [5, 5.41) is 8.70. The largest absolute Gasteiger partial charge is 0.395 e. The standard InChI is InChI=1S/C10H9NO3.C7H8O3S/c12-6-5-11-9(13)7-3-1-2-4-8(7)10(11)14;1-6-2-4-7(5-3-6)11(8,9)10/h1-4,12H,5-6H2;2-5H,1H3,(H,8,9,10). The number of hydrogen-bond donors (Lipinski definition) is 2. The van der Waals surface area contributed by atoms with Crippen LogP contribution in [0.25, 0.3) is 0 Å². The summed E-state index contributed by atoms with van der Waals surface area (Å²) in [6.07, 6.45) is 0. The summed E-state index contributed by atoms with van der Waals surface area (Å²) in [5.41, 5.74) is 1.80. The van der Waals surface area contributed by atoms with Crippen molar-refractivity contribution in [1.29, 1.82) is 0 Å². The maximum atomic E-state index is 11.6. The van der Waals surface area contributed by atoms with Gasteiger partial charge in [-0.3, -0.25) is 19.0 Å². The number of carbonyl (C=O) groups is 2. The van der Waals surface area contributed by atoms with Gasteiger partial charge < -0.3 is 5.11 Å². The highest BCUT2D eigenvalue weighted by atomic mass is 32.2. The minimum atomic E-state index is -4.02. The van der Waals surface area contributed by atoms with E-state index in [1.165, 1.54) is 12.1 Å². The van der Waals surface area contributed by atoms with Crippen LogP contribution < -0.4 is 0 Å². The average molecular weight is 363 g/mol. The Labute approximate surface area is 145 Å². The van der Waals surface area contributed by atoms with Gasteiger partial charge in [-0.2, -0.15) is 8.42 Å². The fraction of sp³-hybridized carbons (Fsp3) is 0.176. The molecule has 0 fully saturated rings. The molecule has 0 aromatic heterocycles.